The maximum Gasteiger partial charge on any atom is 0.305 e. The Morgan fingerprint density at radius 2 is 1.62 bits per heavy atom. The number of hydrogen-bond donors (Lipinski definition) is 2. The van der Waals surface area contributed by atoms with Gasteiger partial charge in [-0.3, -0.25) is 14.4 Å². The van der Waals surface area contributed by atoms with Crippen LogP contribution in [0.4, 0.5) is 0 Å². The van der Waals surface area contributed by atoms with E-state index in [1.165, 1.54) is 0 Å². The molecule has 1 aliphatic rings. The number of aliphatic imine (C=N–C) groups is 1. The number of carboxylic acid groups (broad SMARTS) is 1. The number of nitrogens with one attached hydrogen (secondary N) is 1. The quantitative estimate of drug-likeness (QED) is 0.245. The molecule has 2 unspecified atom stereocenters. The lowest BCUT2D eigenvalue weighted by molar-refractivity contribution is -0.137. The van der Waals surface area contributed by atoms with Gasteiger partial charge in [0.1, 0.15) is 5.66 Å². The van der Waals surface area contributed by atoms with Gasteiger partial charge in [0.2, 0.25) is 0 Å². The summed E-state index contributed by atoms with van der Waals surface area (Å²) in [4.78, 5) is 47.3. The first-order valence-electron chi connectivity index (χ1n) is 16.2. The fourth-order valence-corrected chi connectivity index (χ4v) is 5.67. The van der Waals surface area contributed by atoms with Crippen molar-refractivity contribution in [3.63, 3.8) is 0 Å². The molecule has 8 heteroatoms. The number of aliphatic carboxylic acids is 1. The maximum absolute atomic E-state index is 14.5. The van der Waals surface area contributed by atoms with Crippen molar-refractivity contribution >= 4 is 23.6 Å². The van der Waals surface area contributed by atoms with Gasteiger partial charge in [-0.2, -0.15) is 0 Å². The molecule has 1 aliphatic heterocycles. The Labute approximate surface area is 270 Å². The van der Waals surface area contributed by atoms with Crippen molar-refractivity contribution in [1.82, 2.24) is 15.1 Å². The minimum Gasteiger partial charge on any atom is -0.481 e. The first kappa shape index (κ1) is 35.8. The van der Waals surface area contributed by atoms with Gasteiger partial charge in [0.05, 0.1) is 12.5 Å². The van der Waals surface area contributed by atoms with E-state index >= 15 is 0 Å². The van der Waals surface area contributed by atoms with Crippen molar-refractivity contribution in [3.8, 4) is 0 Å². The fourth-order valence-electron chi connectivity index (χ4n) is 5.67. The Kier molecular flexibility index (Phi) is 11.6. The van der Waals surface area contributed by atoms with Crippen molar-refractivity contribution in [2.75, 3.05) is 13.6 Å². The van der Waals surface area contributed by atoms with Gasteiger partial charge in [-0.1, -0.05) is 90.9 Å². The number of carbonyl (C=O) groups excluding carboxylic acids is 2. The second kappa shape index (κ2) is 14.6. The van der Waals surface area contributed by atoms with Crippen LogP contribution >= 0.6 is 0 Å². The normalized spacial score (nSPS) is 18.4. The lowest BCUT2D eigenvalue weighted by atomic mass is 9.78. The Morgan fingerprint density at radius 3 is 2.18 bits per heavy atom. The van der Waals surface area contributed by atoms with E-state index in [2.05, 4.69) is 72.8 Å². The number of rotatable bonds is 13. The summed E-state index contributed by atoms with van der Waals surface area (Å²) in [7, 11) is 1.94. The highest BCUT2D eigenvalue weighted by atomic mass is 16.4. The SMILES string of the molecule is CC(CCC1(C)N=C(N(C)Cc2ccccc2)C(=O)N1[C@H](CCC(C)(C)C)c1ccc(C(=O)NCCC(=O)O)cc1)C(C)(C)C. The Balaban J connectivity index is 2.00. The maximum atomic E-state index is 14.5. The van der Waals surface area contributed by atoms with Crippen molar-refractivity contribution in [2.24, 2.45) is 21.7 Å². The van der Waals surface area contributed by atoms with E-state index < -0.39 is 11.6 Å². The second-order valence-electron chi connectivity index (χ2n) is 15.1. The summed E-state index contributed by atoms with van der Waals surface area (Å²) >= 11 is 0. The predicted molar refractivity (Wildman–Crippen MR) is 181 cm³/mol. The van der Waals surface area contributed by atoms with E-state index in [0.717, 1.165) is 36.8 Å². The van der Waals surface area contributed by atoms with E-state index in [1.807, 2.05) is 47.2 Å². The van der Waals surface area contributed by atoms with Gasteiger partial charge in [-0.15, -0.1) is 0 Å². The van der Waals surface area contributed by atoms with Gasteiger partial charge in [-0.25, -0.2) is 4.99 Å². The standard InChI is InChI=1S/C37H54N4O4/c1-26(36(5,6)7)19-23-37(8)39-32(40(9)25-27-13-11-10-12-14-27)34(45)41(37)30(20-22-35(2,3)4)28-15-17-29(18-16-28)33(44)38-24-21-31(42)43/h10-18,26,30H,19-25H2,1-9H3,(H,38,44)(H,42,43)/t26?,30-,37?/m1/s1. The molecular formula is C37H54N4O4. The third-order valence-corrected chi connectivity index (χ3v) is 9.09. The van der Waals surface area contributed by atoms with E-state index in [1.54, 1.807) is 12.1 Å². The van der Waals surface area contributed by atoms with Crippen LogP contribution < -0.4 is 5.32 Å². The van der Waals surface area contributed by atoms with Crippen LogP contribution in [0.1, 0.15) is 115 Å². The van der Waals surface area contributed by atoms with Crippen molar-refractivity contribution in [3.05, 3.63) is 71.3 Å². The van der Waals surface area contributed by atoms with Crippen LogP contribution in [0, 0.1) is 16.7 Å². The third-order valence-electron chi connectivity index (χ3n) is 9.09. The number of carbonyl (C=O) groups is 3. The van der Waals surface area contributed by atoms with Crippen LogP contribution in [-0.2, 0) is 16.1 Å². The van der Waals surface area contributed by atoms with Crippen LogP contribution in [0.2, 0.25) is 0 Å². The number of benzene rings is 2. The van der Waals surface area contributed by atoms with Crippen LogP contribution in [-0.4, -0.2) is 57.8 Å². The molecule has 0 aromatic heterocycles. The fraction of sp³-hybridized carbons (Fsp3) is 0.568. The Bertz CT molecular complexity index is 1340. The van der Waals surface area contributed by atoms with Crippen LogP contribution in [0.15, 0.2) is 59.6 Å². The van der Waals surface area contributed by atoms with E-state index in [-0.39, 0.29) is 41.7 Å². The van der Waals surface area contributed by atoms with Crippen LogP contribution in [0.25, 0.3) is 0 Å². The van der Waals surface area contributed by atoms with Crippen LogP contribution in [0.3, 0.4) is 0 Å². The highest BCUT2D eigenvalue weighted by Gasteiger charge is 2.48. The minimum atomic E-state index is -0.960. The van der Waals surface area contributed by atoms with Gasteiger partial charge in [0.25, 0.3) is 11.8 Å². The molecule has 45 heavy (non-hydrogen) atoms. The molecule has 2 amide bonds. The van der Waals surface area contributed by atoms with Crippen LogP contribution in [0.5, 0.6) is 0 Å². The molecule has 0 radical (unpaired) electrons. The minimum absolute atomic E-state index is 0.0515. The Morgan fingerprint density at radius 1 is 1.00 bits per heavy atom. The number of nitrogens with zero attached hydrogens (tertiary/aromatic N) is 3. The highest BCUT2D eigenvalue weighted by Crippen LogP contribution is 2.43. The summed E-state index contributed by atoms with van der Waals surface area (Å²) in [5.74, 6) is -0.452. The van der Waals surface area contributed by atoms with Crippen molar-refractivity contribution in [1.29, 1.82) is 0 Å². The molecule has 0 aliphatic carbocycles. The molecule has 0 fully saturated rings. The zero-order valence-electron chi connectivity index (χ0n) is 28.8. The van der Waals surface area contributed by atoms with Crippen molar-refractivity contribution in [2.45, 2.75) is 106 Å². The Hall–Kier alpha value is -3.68. The van der Waals surface area contributed by atoms with E-state index in [0.29, 0.717) is 23.9 Å². The average molecular weight is 619 g/mol. The third kappa shape index (κ3) is 9.90. The summed E-state index contributed by atoms with van der Waals surface area (Å²) in [6, 6.07) is 17.2. The van der Waals surface area contributed by atoms with E-state index in [9.17, 15) is 14.4 Å². The summed E-state index contributed by atoms with van der Waals surface area (Å²) in [5, 5.41) is 11.6. The number of likely N-dealkylation sites (N-methyl/N-ethyl adjacent to an activating group) is 1. The van der Waals surface area contributed by atoms with Gasteiger partial charge in [0.15, 0.2) is 5.84 Å². The highest BCUT2D eigenvalue weighted by molar-refractivity contribution is 6.39. The molecule has 0 saturated carbocycles. The summed E-state index contributed by atoms with van der Waals surface area (Å²) in [6.45, 7) is 18.4. The summed E-state index contributed by atoms with van der Waals surface area (Å²) in [6.07, 6.45) is 3.15. The molecule has 0 bridgehead atoms. The molecular weight excluding hydrogens is 564 g/mol. The number of amides is 2. The zero-order chi connectivity index (χ0) is 33.6. The monoisotopic (exact) mass is 618 g/mol. The molecule has 8 nitrogen and oxygen atoms in total. The smallest absolute Gasteiger partial charge is 0.305 e. The number of amidine groups is 1. The average Bonchev–Trinajstić information content (AvgIpc) is 3.22. The molecule has 2 aromatic carbocycles. The number of hydrogen-bond acceptors (Lipinski definition) is 5. The molecule has 3 atom stereocenters. The topological polar surface area (TPSA) is 102 Å². The molecule has 0 spiro atoms. The predicted octanol–water partition coefficient (Wildman–Crippen LogP) is 7.31. The second-order valence-corrected chi connectivity index (χ2v) is 15.1. The molecule has 2 aromatic rings. The first-order valence-corrected chi connectivity index (χ1v) is 16.2. The van der Waals surface area contributed by atoms with Gasteiger partial charge < -0.3 is 20.2 Å². The van der Waals surface area contributed by atoms with Crippen molar-refractivity contribution < 1.29 is 19.5 Å². The molecule has 2 N–H and O–H groups in total. The summed E-state index contributed by atoms with van der Waals surface area (Å²) < 4.78 is 0. The lowest BCUT2D eigenvalue weighted by Gasteiger charge is -2.41. The molecule has 3 rings (SSSR count). The summed E-state index contributed by atoms with van der Waals surface area (Å²) in [5.41, 5.74) is 1.95. The molecule has 246 valence electrons. The lowest BCUT2D eigenvalue weighted by Crippen LogP contribution is -2.48. The zero-order valence-corrected chi connectivity index (χ0v) is 28.8. The van der Waals surface area contributed by atoms with Gasteiger partial charge in [0, 0.05) is 25.7 Å². The first-order chi connectivity index (χ1) is 20.9. The van der Waals surface area contributed by atoms with Gasteiger partial charge >= 0.3 is 5.97 Å². The molecule has 0 saturated heterocycles. The number of carboxylic acids is 1. The largest absolute Gasteiger partial charge is 0.481 e. The van der Waals surface area contributed by atoms with Gasteiger partial charge in [-0.05, 0) is 72.6 Å². The van der Waals surface area contributed by atoms with E-state index in [4.69, 9.17) is 10.1 Å². The molecule has 1 heterocycles.